The molecule has 0 radical (unpaired) electrons. The van der Waals surface area contributed by atoms with Crippen molar-refractivity contribution in [2.75, 3.05) is 34.8 Å². The highest BCUT2D eigenvalue weighted by Crippen LogP contribution is 2.54. The number of imide groups is 1. The minimum atomic E-state index is -0.831. The van der Waals surface area contributed by atoms with Gasteiger partial charge < -0.3 is 15.0 Å². The second kappa shape index (κ2) is 13.8. The molecule has 3 aromatic carbocycles. The number of fused-ring (bicyclic) bond motifs is 2. The number of anilines is 3. The molecule has 2 aliphatic rings. The number of nitrogens with zero attached hydrogens (tertiary/aromatic N) is 3. The average molecular weight is 685 g/mol. The van der Waals surface area contributed by atoms with E-state index in [1.54, 1.807) is 25.1 Å². The molecule has 0 bridgehead atoms. The third-order valence-electron chi connectivity index (χ3n) is 8.67. The summed E-state index contributed by atoms with van der Waals surface area (Å²) in [4.78, 5) is 71.1. The first-order valence-electron chi connectivity index (χ1n) is 15.9. The number of ether oxygens (including phenoxy) is 1. The number of aryl methyl sites for hydroxylation is 1. The zero-order chi connectivity index (χ0) is 34.1. The fourth-order valence-electron chi connectivity index (χ4n) is 6.38. The van der Waals surface area contributed by atoms with Crippen molar-refractivity contribution in [3.8, 4) is 0 Å². The van der Waals surface area contributed by atoms with Crippen molar-refractivity contribution in [1.29, 1.82) is 0 Å². The molecule has 1 fully saturated rings. The van der Waals surface area contributed by atoms with Gasteiger partial charge >= 0.3 is 10.8 Å². The first-order valence-corrected chi connectivity index (χ1v) is 17.6. The van der Waals surface area contributed by atoms with Gasteiger partial charge in [0, 0.05) is 35.3 Å². The van der Waals surface area contributed by atoms with Crippen LogP contribution in [0.5, 0.6) is 0 Å². The maximum absolute atomic E-state index is 14.3. The number of esters is 1. The summed E-state index contributed by atoms with van der Waals surface area (Å²) in [7, 11) is 0. The Morgan fingerprint density at radius 1 is 0.917 bits per heavy atom. The zero-order valence-electron chi connectivity index (χ0n) is 27.1. The van der Waals surface area contributed by atoms with Crippen LogP contribution in [0.4, 0.5) is 17.1 Å². The normalized spacial score (nSPS) is 18.3. The van der Waals surface area contributed by atoms with Crippen molar-refractivity contribution < 1.29 is 23.9 Å². The summed E-state index contributed by atoms with van der Waals surface area (Å²) in [5.41, 5.74) is 4.10. The molecule has 10 nitrogen and oxygen atoms in total. The number of amides is 3. The Kier molecular flexibility index (Phi) is 9.56. The molecule has 1 saturated heterocycles. The van der Waals surface area contributed by atoms with Crippen LogP contribution >= 0.6 is 23.1 Å². The number of carbonyl (C=O) groups excluding carboxylic acids is 4. The smallest absolute Gasteiger partial charge is 0.338 e. The van der Waals surface area contributed by atoms with Crippen molar-refractivity contribution >= 4 is 63.9 Å². The Balaban J connectivity index is 1.39. The molecule has 0 saturated carbocycles. The standard InChI is InChI=1S/C36H36N4O6S2/c1-5-38(6-2)25-15-11-22(12-16-25)28-29-30(33(43)40(32(29)42)26-17-13-23(14-18-26)35(44)46-7-3)47-34-31(28)48-36(45)39(34)20-27(41)37-24-10-8-9-21(4)19-24/h8-19,28-30H,5-7,20H2,1-4H3,(H,37,41). The summed E-state index contributed by atoms with van der Waals surface area (Å²) in [5.74, 6) is -3.03. The van der Waals surface area contributed by atoms with Crippen molar-refractivity contribution in [3.63, 3.8) is 0 Å². The fourth-order valence-corrected chi connectivity index (χ4v) is 9.15. The third kappa shape index (κ3) is 6.17. The van der Waals surface area contributed by atoms with E-state index in [0.29, 0.717) is 26.8 Å². The summed E-state index contributed by atoms with van der Waals surface area (Å²) in [6.45, 7) is 9.46. The number of carbonyl (C=O) groups is 4. The molecule has 3 heterocycles. The van der Waals surface area contributed by atoms with E-state index in [-0.39, 0.29) is 29.8 Å². The molecule has 2 aliphatic heterocycles. The molecule has 6 rings (SSSR count). The quantitative estimate of drug-likeness (QED) is 0.168. The van der Waals surface area contributed by atoms with Gasteiger partial charge in [-0.15, -0.1) is 0 Å². The summed E-state index contributed by atoms with van der Waals surface area (Å²) in [6, 6.07) is 21.5. The van der Waals surface area contributed by atoms with Crippen LogP contribution in [0, 0.1) is 12.8 Å². The second-order valence-electron chi connectivity index (χ2n) is 11.6. The van der Waals surface area contributed by atoms with E-state index in [1.165, 1.54) is 21.6 Å². The summed E-state index contributed by atoms with van der Waals surface area (Å²) in [6.07, 6.45) is 0. The minimum Gasteiger partial charge on any atom is -0.462 e. The topological polar surface area (TPSA) is 118 Å². The lowest BCUT2D eigenvalue weighted by Crippen LogP contribution is -2.33. The van der Waals surface area contributed by atoms with Gasteiger partial charge in [-0.1, -0.05) is 47.4 Å². The van der Waals surface area contributed by atoms with Gasteiger partial charge in [-0.05, 0) is 87.4 Å². The van der Waals surface area contributed by atoms with Gasteiger partial charge in [0.1, 0.15) is 11.8 Å². The predicted molar refractivity (Wildman–Crippen MR) is 188 cm³/mol. The lowest BCUT2D eigenvalue weighted by Gasteiger charge is -2.31. The van der Waals surface area contributed by atoms with E-state index in [0.717, 1.165) is 53.0 Å². The SMILES string of the molecule is CCOC(=O)c1ccc(N2C(=O)C3Sc4c(sc(=O)n4CC(=O)Nc4cccc(C)c4)C(c4ccc(N(CC)CC)cc4)C3C2=O)cc1. The van der Waals surface area contributed by atoms with Gasteiger partial charge in [0.15, 0.2) is 0 Å². The molecule has 3 amide bonds. The maximum atomic E-state index is 14.3. The van der Waals surface area contributed by atoms with E-state index in [1.807, 2.05) is 49.4 Å². The van der Waals surface area contributed by atoms with Gasteiger partial charge in [-0.2, -0.15) is 0 Å². The Morgan fingerprint density at radius 2 is 1.62 bits per heavy atom. The van der Waals surface area contributed by atoms with Crippen molar-refractivity contribution in [2.24, 2.45) is 5.92 Å². The lowest BCUT2D eigenvalue weighted by molar-refractivity contribution is -0.122. The molecule has 1 aromatic heterocycles. The minimum absolute atomic E-state index is 0.227. The summed E-state index contributed by atoms with van der Waals surface area (Å²) in [5, 5.41) is 2.55. The molecular weight excluding hydrogens is 649 g/mol. The highest BCUT2D eigenvalue weighted by atomic mass is 32.2. The lowest BCUT2D eigenvalue weighted by atomic mass is 9.83. The van der Waals surface area contributed by atoms with E-state index in [2.05, 4.69) is 24.1 Å². The van der Waals surface area contributed by atoms with Crippen LogP contribution < -0.4 is 20.0 Å². The van der Waals surface area contributed by atoms with E-state index in [4.69, 9.17) is 4.74 Å². The highest BCUT2D eigenvalue weighted by molar-refractivity contribution is 8.00. The van der Waals surface area contributed by atoms with Gasteiger partial charge in [-0.3, -0.25) is 23.7 Å². The van der Waals surface area contributed by atoms with E-state index in [9.17, 15) is 24.0 Å². The van der Waals surface area contributed by atoms with Gasteiger partial charge in [0.05, 0.1) is 28.8 Å². The Labute approximate surface area is 286 Å². The fraction of sp³-hybridized carbons (Fsp3) is 0.306. The van der Waals surface area contributed by atoms with Gasteiger partial charge in [-0.25, -0.2) is 9.69 Å². The second-order valence-corrected chi connectivity index (χ2v) is 13.7. The van der Waals surface area contributed by atoms with Crippen LogP contribution in [0.3, 0.4) is 0 Å². The molecule has 12 heteroatoms. The van der Waals surface area contributed by atoms with Crippen LogP contribution in [-0.4, -0.2) is 53.2 Å². The number of hydrogen-bond donors (Lipinski definition) is 1. The van der Waals surface area contributed by atoms with Crippen molar-refractivity contribution in [1.82, 2.24) is 4.57 Å². The average Bonchev–Trinajstić information content (AvgIpc) is 3.52. The number of aromatic nitrogens is 1. The van der Waals surface area contributed by atoms with Gasteiger partial charge in [0.2, 0.25) is 17.7 Å². The number of hydrogen-bond acceptors (Lipinski definition) is 9. The van der Waals surface area contributed by atoms with Crippen LogP contribution in [-0.2, 0) is 25.7 Å². The Hall–Kier alpha value is -4.68. The Morgan fingerprint density at radius 3 is 2.27 bits per heavy atom. The summed E-state index contributed by atoms with van der Waals surface area (Å²) < 4.78 is 6.49. The number of rotatable bonds is 10. The zero-order valence-corrected chi connectivity index (χ0v) is 28.7. The largest absolute Gasteiger partial charge is 0.462 e. The number of nitrogens with one attached hydrogen (secondary N) is 1. The van der Waals surface area contributed by atoms with E-state index >= 15 is 0 Å². The molecular formula is C36H36N4O6S2. The van der Waals surface area contributed by atoms with Gasteiger partial charge in [0.25, 0.3) is 0 Å². The van der Waals surface area contributed by atoms with Crippen molar-refractivity contribution in [2.45, 2.75) is 50.4 Å². The summed E-state index contributed by atoms with van der Waals surface area (Å²) >= 11 is 2.18. The van der Waals surface area contributed by atoms with Crippen LogP contribution in [0.15, 0.2) is 82.6 Å². The van der Waals surface area contributed by atoms with Crippen LogP contribution in [0.25, 0.3) is 0 Å². The predicted octanol–water partition coefficient (Wildman–Crippen LogP) is 5.68. The maximum Gasteiger partial charge on any atom is 0.338 e. The van der Waals surface area contributed by atoms with Crippen molar-refractivity contribution in [3.05, 3.63) is 104 Å². The third-order valence-corrected chi connectivity index (χ3v) is 11.3. The van der Waals surface area contributed by atoms with E-state index < -0.39 is 29.0 Å². The van der Waals surface area contributed by atoms with Crippen LogP contribution in [0.2, 0.25) is 0 Å². The molecule has 3 atom stereocenters. The Bertz CT molecular complexity index is 1930. The number of benzene rings is 3. The molecule has 3 unspecified atom stereocenters. The number of thiazole rings is 1. The highest BCUT2D eigenvalue weighted by Gasteiger charge is 2.56. The molecule has 1 N–H and O–H groups in total. The molecule has 4 aromatic rings. The first kappa shape index (κ1) is 33.2. The molecule has 0 spiro atoms. The molecule has 0 aliphatic carbocycles. The van der Waals surface area contributed by atoms with Crippen LogP contribution in [0.1, 0.15) is 53.1 Å². The molecule has 48 heavy (non-hydrogen) atoms. The monoisotopic (exact) mass is 684 g/mol. The number of thioether (sulfide) groups is 1. The first-order chi connectivity index (χ1) is 23.1. The molecule has 248 valence electrons.